The van der Waals surface area contributed by atoms with Gasteiger partial charge in [-0.25, -0.2) is 9.97 Å². The molecule has 1 saturated carbocycles. The number of aryl methyl sites for hydroxylation is 2. The topological polar surface area (TPSA) is 78.4 Å². The van der Waals surface area contributed by atoms with E-state index in [0.717, 1.165) is 30.5 Å². The molecule has 0 spiro atoms. The van der Waals surface area contributed by atoms with E-state index in [9.17, 15) is 9.59 Å². The second-order valence-corrected chi connectivity index (χ2v) is 10.1. The number of hydrogen-bond acceptors (Lipinski definition) is 5. The van der Waals surface area contributed by atoms with Gasteiger partial charge in [-0.1, -0.05) is 6.07 Å². The van der Waals surface area contributed by atoms with Crippen LogP contribution in [0.3, 0.4) is 0 Å². The first-order chi connectivity index (χ1) is 16.0. The fraction of sp³-hybridized carbons (Fsp3) is 0.538. The summed E-state index contributed by atoms with van der Waals surface area (Å²) in [5.41, 5.74) is 2.51. The Labute approximate surface area is 195 Å². The number of aromatic nitrogens is 2. The Balaban J connectivity index is 1.40. The van der Waals surface area contributed by atoms with Crippen LogP contribution in [0.1, 0.15) is 47.2 Å². The number of likely N-dealkylation sites (tertiary alicyclic amines) is 1. The van der Waals surface area contributed by atoms with Crippen molar-refractivity contribution in [1.82, 2.24) is 20.2 Å². The van der Waals surface area contributed by atoms with E-state index in [1.165, 1.54) is 18.4 Å². The summed E-state index contributed by atoms with van der Waals surface area (Å²) in [5, 5.41) is 3.26. The first kappa shape index (κ1) is 21.9. The number of rotatable bonds is 5. The summed E-state index contributed by atoms with van der Waals surface area (Å²) < 4.78 is 0. The molecule has 0 radical (unpaired) electrons. The van der Waals surface area contributed by atoms with Crippen molar-refractivity contribution < 1.29 is 9.59 Å². The molecule has 1 aromatic heterocycles. The van der Waals surface area contributed by atoms with Crippen LogP contribution in [-0.2, 0) is 4.79 Å². The van der Waals surface area contributed by atoms with E-state index in [1.807, 2.05) is 30.0 Å². The van der Waals surface area contributed by atoms with Crippen molar-refractivity contribution in [2.24, 2.45) is 17.3 Å². The summed E-state index contributed by atoms with van der Waals surface area (Å²) in [7, 11) is 0. The lowest BCUT2D eigenvalue weighted by atomic mass is 9.74. The number of amides is 2. The molecule has 7 heteroatoms. The van der Waals surface area contributed by atoms with E-state index < -0.39 is 5.41 Å². The van der Waals surface area contributed by atoms with E-state index in [4.69, 9.17) is 0 Å². The largest absolute Gasteiger partial charge is 0.355 e. The Morgan fingerprint density at radius 2 is 1.91 bits per heavy atom. The van der Waals surface area contributed by atoms with Crippen molar-refractivity contribution in [2.75, 3.05) is 37.6 Å². The molecule has 3 heterocycles. The number of benzene rings is 1. The molecule has 2 saturated heterocycles. The van der Waals surface area contributed by atoms with Crippen LogP contribution >= 0.6 is 0 Å². The van der Waals surface area contributed by atoms with Crippen LogP contribution in [0.15, 0.2) is 36.7 Å². The van der Waals surface area contributed by atoms with Gasteiger partial charge < -0.3 is 15.1 Å². The highest BCUT2D eigenvalue weighted by atomic mass is 16.2. The normalized spacial score (nSPS) is 24.8. The van der Waals surface area contributed by atoms with Crippen molar-refractivity contribution >= 4 is 17.8 Å². The Hall–Kier alpha value is -2.96. The molecular weight excluding hydrogens is 414 g/mol. The highest BCUT2D eigenvalue weighted by molar-refractivity contribution is 5.94. The maximum atomic E-state index is 13.6. The van der Waals surface area contributed by atoms with Crippen LogP contribution in [0.5, 0.6) is 0 Å². The fourth-order valence-electron chi connectivity index (χ4n) is 5.39. The van der Waals surface area contributed by atoms with Gasteiger partial charge in [-0.05, 0) is 74.8 Å². The second-order valence-electron chi connectivity index (χ2n) is 10.1. The Morgan fingerprint density at radius 1 is 1.12 bits per heavy atom. The van der Waals surface area contributed by atoms with E-state index in [1.54, 1.807) is 18.5 Å². The van der Waals surface area contributed by atoms with Gasteiger partial charge in [0.15, 0.2) is 0 Å². The Kier molecular flexibility index (Phi) is 5.81. The third kappa shape index (κ3) is 4.33. The summed E-state index contributed by atoms with van der Waals surface area (Å²) in [5.74, 6) is 1.53. The molecule has 3 fully saturated rings. The van der Waals surface area contributed by atoms with Crippen molar-refractivity contribution in [3.05, 3.63) is 53.3 Å². The number of fused-ring (bicyclic) bond motifs is 1. The predicted molar refractivity (Wildman–Crippen MR) is 127 cm³/mol. The molecule has 33 heavy (non-hydrogen) atoms. The summed E-state index contributed by atoms with van der Waals surface area (Å²) in [6, 6.07) is 7.72. The van der Waals surface area contributed by atoms with Crippen LogP contribution in [0, 0.1) is 31.1 Å². The molecule has 3 aliphatic rings. The van der Waals surface area contributed by atoms with Crippen LogP contribution < -0.4 is 10.2 Å². The first-order valence-corrected chi connectivity index (χ1v) is 12.1. The zero-order valence-electron chi connectivity index (χ0n) is 19.6. The van der Waals surface area contributed by atoms with E-state index in [2.05, 4.69) is 27.1 Å². The van der Waals surface area contributed by atoms with Gasteiger partial charge in [0, 0.05) is 56.6 Å². The quantitative estimate of drug-likeness (QED) is 0.762. The maximum absolute atomic E-state index is 13.6. The highest BCUT2D eigenvalue weighted by Crippen LogP contribution is 2.44. The Morgan fingerprint density at radius 3 is 2.64 bits per heavy atom. The van der Waals surface area contributed by atoms with Crippen LogP contribution in [0.2, 0.25) is 0 Å². The van der Waals surface area contributed by atoms with Gasteiger partial charge in [-0.3, -0.25) is 9.59 Å². The molecule has 0 bridgehead atoms. The van der Waals surface area contributed by atoms with Gasteiger partial charge in [0.2, 0.25) is 11.9 Å². The van der Waals surface area contributed by atoms with Crippen LogP contribution in [0.25, 0.3) is 0 Å². The molecule has 1 aliphatic carbocycles. The zero-order valence-corrected chi connectivity index (χ0v) is 19.6. The second kappa shape index (κ2) is 8.76. The average Bonchev–Trinajstić information content (AvgIpc) is 3.62. The standard InChI is InChI=1S/C26H33N5O2/c1-18-5-8-21(13-19(18)2)23(32)30-12-3-9-26(24(33)29-14-20-6-7-20)17-31(16-22(26)15-30)25-27-10-4-11-28-25/h4-5,8,10-11,13,20,22H,3,6-7,9,12,14-17H2,1-2H3,(H,29,33)/t22-,26-/m1/s1. The summed E-state index contributed by atoms with van der Waals surface area (Å²) in [6.07, 6.45) is 7.48. The SMILES string of the molecule is Cc1ccc(C(=O)N2CCC[C@@]3(C(=O)NCC4CC4)CN(c4ncccn4)C[C@H]3C2)cc1C. The molecule has 2 amide bonds. The monoisotopic (exact) mass is 447 g/mol. The highest BCUT2D eigenvalue weighted by Gasteiger charge is 2.54. The van der Waals surface area contributed by atoms with Gasteiger partial charge in [0.05, 0.1) is 5.41 Å². The molecule has 2 atom stereocenters. The molecule has 5 rings (SSSR count). The van der Waals surface area contributed by atoms with Gasteiger partial charge in [-0.15, -0.1) is 0 Å². The Bertz CT molecular complexity index is 1040. The molecule has 7 nitrogen and oxygen atoms in total. The molecule has 1 N–H and O–H groups in total. The maximum Gasteiger partial charge on any atom is 0.253 e. The van der Waals surface area contributed by atoms with Crippen molar-refractivity contribution in [1.29, 1.82) is 0 Å². The van der Waals surface area contributed by atoms with Gasteiger partial charge in [0.25, 0.3) is 5.91 Å². The van der Waals surface area contributed by atoms with Crippen molar-refractivity contribution in [2.45, 2.75) is 39.5 Å². The minimum absolute atomic E-state index is 0.0403. The smallest absolute Gasteiger partial charge is 0.253 e. The van der Waals surface area contributed by atoms with E-state index >= 15 is 0 Å². The lowest BCUT2D eigenvalue weighted by molar-refractivity contribution is -0.132. The lowest BCUT2D eigenvalue weighted by Gasteiger charge is -2.32. The number of nitrogens with one attached hydrogen (secondary N) is 1. The van der Waals surface area contributed by atoms with Crippen molar-refractivity contribution in [3.63, 3.8) is 0 Å². The summed E-state index contributed by atoms with van der Waals surface area (Å²) >= 11 is 0. The van der Waals surface area contributed by atoms with Gasteiger partial charge >= 0.3 is 0 Å². The summed E-state index contributed by atoms with van der Waals surface area (Å²) in [6.45, 7) is 7.40. The third-order valence-corrected chi connectivity index (χ3v) is 7.76. The average molecular weight is 448 g/mol. The number of carbonyl (C=O) groups is 2. The molecule has 174 valence electrons. The fourth-order valence-corrected chi connectivity index (χ4v) is 5.39. The molecular formula is C26H33N5O2. The first-order valence-electron chi connectivity index (χ1n) is 12.1. The van der Waals surface area contributed by atoms with E-state index in [0.29, 0.717) is 38.0 Å². The minimum Gasteiger partial charge on any atom is -0.355 e. The third-order valence-electron chi connectivity index (χ3n) is 7.76. The lowest BCUT2D eigenvalue weighted by Crippen LogP contribution is -2.48. The van der Waals surface area contributed by atoms with Gasteiger partial charge in [-0.2, -0.15) is 0 Å². The minimum atomic E-state index is -0.522. The molecule has 1 aromatic carbocycles. The molecule has 0 unspecified atom stereocenters. The zero-order chi connectivity index (χ0) is 23.0. The van der Waals surface area contributed by atoms with Crippen LogP contribution in [-0.4, -0.2) is 59.4 Å². The number of carbonyl (C=O) groups excluding carboxylic acids is 2. The van der Waals surface area contributed by atoms with Gasteiger partial charge in [0.1, 0.15) is 0 Å². The molecule has 2 aliphatic heterocycles. The number of nitrogens with zero attached hydrogens (tertiary/aromatic N) is 4. The number of anilines is 1. The van der Waals surface area contributed by atoms with Crippen molar-refractivity contribution in [3.8, 4) is 0 Å². The van der Waals surface area contributed by atoms with Crippen LogP contribution in [0.4, 0.5) is 5.95 Å². The van der Waals surface area contributed by atoms with E-state index in [-0.39, 0.29) is 17.7 Å². The number of hydrogen-bond donors (Lipinski definition) is 1. The predicted octanol–water partition coefficient (Wildman–Crippen LogP) is 2.98. The molecule has 2 aromatic rings. The summed E-state index contributed by atoms with van der Waals surface area (Å²) in [4.78, 5) is 40.0.